The van der Waals surface area contributed by atoms with Crippen LogP contribution in [0.4, 0.5) is 4.79 Å². The Hall–Kier alpha value is -1.30. The van der Waals surface area contributed by atoms with Gasteiger partial charge < -0.3 is 20.9 Å². The van der Waals surface area contributed by atoms with E-state index in [4.69, 9.17) is 0 Å². The van der Waals surface area contributed by atoms with Crippen LogP contribution in [-0.2, 0) is 4.79 Å². The monoisotopic (exact) mass is 214 g/mol. The van der Waals surface area contributed by atoms with E-state index < -0.39 is 0 Å². The molecule has 0 saturated carbocycles. The molecule has 15 heavy (non-hydrogen) atoms. The van der Waals surface area contributed by atoms with Gasteiger partial charge in [0.05, 0.1) is 0 Å². The molecule has 3 N–H and O–H groups in total. The number of urea groups is 1. The van der Waals surface area contributed by atoms with E-state index in [2.05, 4.69) is 16.0 Å². The molecule has 0 atom stereocenters. The van der Waals surface area contributed by atoms with Gasteiger partial charge in [-0.1, -0.05) is 0 Å². The third kappa shape index (κ3) is 4.64. The van der Waals surface area contributed by atoms with E-state index in [0.29, 0.717) is 13.1 Å². The normalized spacial score (nSPS) is 15.3. The van der Waals surface area contributed by atoms with Gasteiger partial charge in [-0.2, -0.15) is 0 Å². The molecular weight excluding hydrogens is 196 g/mol. The Balaban J connectivity index is 1.92. The molecule has 1 aliphatic rings. The molecule has 0 bridgehead atoms. The van der Waals surface area contributed by atoms with Crippen LogP contribution >= 0.6 is 0 Å². The fourth-order valence-corrected chi connectivity index (χ4v) is 1.39. The van der Waals surface area contributed by atoms with Crippen molar-refractivity contribution < 1.29 is 9.59 Å². The average molecular weight is 214 g/mol. The minimum atomic E-state index is -0.0179. The molecule has 0 aliphatic carbocycles. The Morgan fingerprint density at radius 1 is 1.47 bits per heavy atom. The Bertz CT molecular complexity index is 232. The lowest BCUT2D eigenvalue weighted by Gasteiger charge is -2.14. The van der Waals surface area contributed by atoms with E-state index in [-0.39, 0.29) is 11.9 Å². The molecule has 0 aromatic carbocycles. The largest absolute Gasteiger partial charge is 0.355 e. The van der Waals surface area contributed by atoms with Gasteiger partial charge in [-0.05, 0) is 0 Å². The fourth-order valence-electron chi connectivity index (χ4n) is 1.39. The molecule has 1 saturated heterocycles. The summed E-state index contributed by atoms with van der Waals surface area (Å²) in [5, 5.41) is 8.58. The van der Waals surface area contributed by atoms with Crippen molar-refractivity contribution in [3.05, 3.63) is 0 Å². The lowest BCUT2D eigenvalue weighted by atomic mass is 10.5. The van der Waals surface area contributed by atoms with Crippen LogP contribution in [0.1, 0.15) is 6.92 Å². The van der Waals surface area contributed by atoms with Crippen LogP contribution in [0.5, 0.6) is 0 Å². The summed E-state index contributed by atoms with van der Waals surface area (Å²) in [5.74, 6) is -0.0179. The van der Waals surface area contributed by atoms with Gasteiger partial charge in [0, 0.05) is 46.2 Å². The fraction of sp³-hybridized carbons (Fsp3) is 0.778. The maximum atomic E-state index is 11.1. The van der Waals surface area contributed by atoms with Crippen LogP contribution in [0.2, 0.25) is 0 Å². The van der Waals surface area contributed by atoms with Crippen molar-refractivity contribution in [2.75, 3.05) is 39.3 Å². The number of nitrogens with one attached hydrogen (secondary N) is 3. The van der Waals surface area contributed by atoms with Crippen molar-refractivity contribution >= 4 is 11.9 Å². The maximum Gasteiger partial charge on any atom is 0.317 e. The van der Waals surface area contributed by atoms with Gasteiger partial charge in [-0.15, -0.1) is 0 Å². The molecule has 0 unspecified atom stereocenters. The van der Waals surface area contributed by atoms with Crippen LogP contribution in [0.3, 0.4) is 0 Å². The van der Waals surface area contributed by atoms with Gasteiger partial charge in [-0.3, -0.25) is 4.79 Å². The van der Waals surface area contributed by atoms with E-state index in [9.17, 15) is 9.59 Å². The number of amides is 3. The smallest absolute Gasteiger partial charge is 0.317 e. The maximum absolute atomic E-state index is 11.1. The molecular formula is C9H18N4O2. The van der Waals surface area contributed by atoms with Crippen molar-refractivity contribution in [2.45, 2.75) is 6.92 Å². The molecule has 1 rings (SSSR count). The highest BCUT2D eigenvalue weighted by molar-refractivity contribution is 5.76. The van der Waals surface area contributed by atoms with E-state index in [1.54, 1.807) is 4.90 Å². The van der Waals surface area contributed by atoms with Gasteiger partial charge in [0.25, 0.3) is 0 Å². The standard InChI is InChI=1S/C9H18N4O2/c1-8(14)11-3-2-10-4-6-13-7-5-12-9(13)15/h10H,2-7H2,1H3,(H,11,14)(H,12,15). The molecule has 6 nitrogen and oxygen atoms in total. The second kappa shape index (κ2) is 6.23. The summed E-state index contributed by atoms with van der Waals surface area (Å²) in [4.78, 5) is 23.4. The molecule has 86 valence electrons. The highest BCUT2D eigenvalue weighted by Gasteiger charge is 2.17. The number of carbonyl (C=O) groups is 2. The summed E-state index contributed by atoms with van der Waals surface area (Å²) in [7, 11) is 0. The second-order valence-electron chi connectivity index (χ2n) is 3.45. The molecule has 6 heteroatoms. The summed E-state index contributed by atoms with van der Waals surface area (Å²) >= 11 is 0. The minimum absolute atomic E-state index is 0.0126. The summed E-state index contributed by atoms with van der Waals surface area (Å²) in [6.45, 7) is 5.85. The van der Waals surface area contributed by atoms with Crippen LogP contribution in [0.15, 0.2) is 0 Å². The van der Waals surface area contributed by atoms with Crippen molar-refractivity contribution in [3.63, 3.8) is 0 Å². The molecule has 0 radical (unpaired) electrons. The molecule has 1 aliphatic heterocycles. The first kappa shape index (κ1) is 11.8. The van der Waals surface area contributed by atoms with Crippen LogP contribution in [0.25, 0.3) is 0 Å². The zero-order valence-electron chi connectivity index (χ0n) is 9.01. The number of hydrogen-bond donors (Lipinski definition) is 3. The average Bonchev–Trinajstić information content (AvgIpc) is 2.57. The topological polar surface area (TPSA) is 73.5 Å². The van der Waals surface area contributed by atoms with Gasteiger partial charge in [0.1, 0.15) is 0 Å². The summed E-state index contributed by atoms with van der Waals surface area (Å²) < 4.78 is 0. The third-order valence-corrected chi connectivity index (χ3v) is 2.18. The molecule has 0 spiro atoms. The summed E-state index contributed by atoms with van der Waals surface area (Å²) in [6, 6.07) is 0.0126. The van der Waals surface area contributed by atoms with Crippen LogP contribution in [0, 0.1) is 0 Å². The zero-order chi connectivity index (χ0) is 11.1. The Labute approximate surface area is 89.4 Å². The number of rotatable bonds is 6. The minimum Gasteiger partial charge on any atom is -0.355 e. The number of hydrogen-bond acceptors (Lipinski definition) is 3. The lowest BCUT2D eigenvalue weighted by molar-refractivity contribution is -0.118. The van der Waals surface area contributed by atoms with E-state index in [1.807, 2.05) is 0 Å². The first-order valence-electron chi connectivity index (χ1n) is 5.18. The van der Waals surface area contributed by atoms with E-state index in [0.717, 1.165) is 26.2 Å². The van der Waals surface area contributed by atoms with E-state index >= 15 is 0 Å². The Kier molecular flexibility index (Phi) is 4.89. The van der Waals surface area contributed by atoms with Crippen LogP contribution in [-0.4, -0.2) is 56.1 Å². The quantitative estimate of drug-likeness (QED) is 0.483. The van der Waals surface area contributed by atoms with Crippen molar-refractivity contribution in [1.29, 1.82) is 0 Å². The highest BCUT2D eigenvalue weighted by atomic mass is 16.2. The molecule has 0 aromatic heterocycles. The highest BCUT2D eigenvalue weighted by Crippen LogP contribution is 1.93. The summed E-state index contributed by atoms with van der Waals surface area (Å²) in [6.07, 6.45) is 0. The molecule has 0 aromatic rings. The number of carbonyl (C=O) groups excluding carboxylic acids is 2. The molecule has 3 amide bonds. The van der Waals surface area contributed by atoms with E-state index in [1.165, 1.54) is 6.92 Å². The first-order chi connectivity index (χ1) is 7.20. The zero-order valence-corrected chi connectivity index (χ0v) is 9.01. The van der Waals surface area contributed by atoms with Gasteiger partial charge in [0.15, 0.2) is 0 Å². The second-order valence-corrected chi connectivity index (χ2v) is 3.45. The van der Waals surface area contributed by atoms with Crippen molar-refractivity contribution in [2.24, 2.45) is 0 Å². The predicted octanol–water partition coefficient (Wildman–Crippen LogP) is -1.26. The Morgan fingerprint density at radius 2 is 2.27 bits per heavy atom. The van der Waals surface area contributed by atoms with Crippen molar-refractivity contribution in [3.8, 4) is 0 Å². The predicted molar refractivity (Wildman–Crippen MR) is 56.5 cm³/mol. The van der Waals surface area contributed by atoms with Crippen LogP contribution < -0.4 is 16.0 Å². The molecule has 1 fully saturated rings. The Morgan fingerprint density at radius 3 is 2.87 bits per heavy atom. The molecule has 1 heterocycles. The summed E-state index contributed by atoms with van der Waals surface area (Å²) in [5.41, 5.74) is 0. The number of nitrogens with zero attached hydrogens (tertiary/aromatic N) is 1. The lowest BCUT2D eigenvalue weighted by Crippen LogP contribution is -2.37. The van der Waals surface area contributed by atoms with Crippen molar-refractivity contribution in [1.82, 2.24) is 20.9 Å². The van der Waals surface area contributed by atoms with Gasteiger partial charge in [0.2, 0.25) is 5.91 Å². The first-order valence-corrected chi connectivity index (χ1v) is 5.18. The third-order valence-electron chi connectivity index (χ3n) is 2.18. The SMILES string of the molecule is CC(=O)NCCNCCN1CCNC1=O. The van der Waals surface area contributed by atoms with Gasteiger partial charge >= 0.3 is 6.03 Å². The van der Waals surface area contributed by atoms with Gasteiger partial charge in [-0.25, -0.2) is 4.79 Å².